The van der Waals surface area contributed by atoms with E-state index in [4.69, 9.17) is 0 Å². The van der Waals surface area contributed by atoms with Gasteiger partial charge in [0.1, 0.15) is 6.33 Å². The summed E-state index contributed by atoms with van der Waals surface area (Å²) in [5, 5.41) is 0. The van der Waals surface area contributed by atoms with E-state index in [0.717, 1.165) is 3.97 Å². The van der Waals surface area contributed by atoms with Gasteiger partial charge in [0.05, 0.1) is 4.90 Å². The maximum absolute atomic E-state index is 11.8. The molecule has 14 heavy (non-hydrogen) atoms. The van der Waals surface area contributed by atoms with Gasteiger partial charge >= 0.3 is 0 Å². The summed E-state index contributed by atoms with van der Waals surface area (Å²) in [4.78, 5) is 3.96. The van der Waals surface area contributed by atoms with Gasteiger partial charge in [-0.1, -0.05) is 18.2 Å². The van der Waals surface area contributed by atoms with Crippen molar-refractivity contribution in [2.75, 3.05) is 0 Å². The number of hydrogen-bond donors (Lipinski definition) is 0. The monoisotopic (exact) mass is 208 g/mol. The second-order valence-electron chi connectivity index (χ2n) is 2.71. The average molecular weight is 208 g/mol. The predicted molar refractivity (Wildman–Crippen MR) is 51.3 cm³/mol. The molecule has 0 atom stereocenters. The SMILES string of the molecule is O=S(=O)(c1ccccc1)n1ccnc1. The van der Waals surface area contributed by atoms with E-state index in [9.17, 15) is 8.42 Å². The highest BCUT2D eigenvalue weighted by molar-refractivity contribution is 7.90. The maximum atomic E-state index is 11.8. The molecule has 0 N–H and O–H groups in total. The van der Waals surface area contributed by atoms with Crippen molar-refractivity contribution in [2.45, 2.75) is 4.90 Å². The van der Waals surface area contributed by atoms with Crippen molar-refractivity contribution in [3.63, 3.8) is 0 Å². The number of benzene rings is 1. The minimum absolute atomic E-state index is 0.262. The molecule has 0 fully saturated rings. The molecule has 0 unspecified atom stereocenters. The molecule has 0 radical (unpaired) electrons. The quantitative estimate of drug-likeness (QED) is 0.743. The van der Waals surface area contributed by atoms with Crippen molar-refractivity contribution in [3.05, 3.63) is 49.1 Å². The molecule has 0 saturated carbocycles. The average Bonchev–Trinajstić information content (AvgIpc) is 2.72. The van der Waals surface area contributed by atoms with Crippen LogP contribution < -0.4 is 0 Å². The lowest BCUT2D eigenvalue weighted by atomic mass is 10.4. The molecule has 0 aliphatic heterocycles. The van der Waals surface area contributed by atoms with Crippen molar-refractivity contribution in [2.24, 2.45) is 0 Å². The maximum Gasteiger partial charge on any atom is 0.268 e. The third-order valence-electron chi connectivity index (χ3n) is 1.80. The van der Waals surface area contributed by atoms with Crippen LogP contribution in [0.15, 0.2) is 53.9 Å². The summed E-state index contributed by atoms with van der Waals surface area (Å²) >= 11 is 0. The van der Waals surface area contributed by atoms with Crippen LogP contribution in [0.5, 0.6) is 0 Å². The highest BCUT2D eigenvalue weighted by Gasteiger charge is 2.14. The van der Waals surface area contributed by atoms with Crippen LogP contribution in [0.1, 0.15) is 0 Å². The fourth-order valence-electron chi connectivity index (χ4n) is 1.10. The summed E-state index contributed by atoms with van der Waals surface area (Å²) in [6.45, 7) is 0. The molecule has 1 aromatic heterocycles. The van der Waals surface area contributed by atoms with E-state index in [-0.39, 0.29) is 4.90 Å². The highest BCUT2D eigenvalue weighted by atomic mass is 32.2. The molecule has 0 bridgehead atoms. The van der Waals surface area contributed by atoms with Crippen molar-refractivity contribution in [3.8, 4) is 0 Å². The first-order chi connectivity index (χ1) is 6.71. The molecule has 5 heteroatoms. The third-order valence-corrected chi connectivity index (χ3v) is 3.44. The Morgan fingerprint density at radius 3 is 2.43 bits per heavy atom. The molecule has 72 valence electrons. The van der Waals surface area contributed by atoms with Gasteiger partial charge in [-0.2, -0.15) is 0 Å². The molecule has 0 saturated heterocycles. The summed E-state index contributed by atoms with van der Waals surface area (Å²) in [7, 11) is -3.44. The molecule has 0 aliphatic rings. The fourth-order valence-corrected chi connectivity index (χ4v) is 2.24. The van der Waals surface area contributed by atoms with Gasteiger partial charge in [0.25, 0.3) is 10.0 Å². The van der Waals surface area contributed by atoms with E-state index in [1.54, 1.807) is 30.3 Å². The Morgan fingerprint density at radius 2 is 1.86 bits per heavy atom. The minimum atomic E-state index is -3.44. The first kappa shape index (κ1) is 8.96. The number of imidazole rings is 1. The van der Waals surface area contributed by atoms with Crippen molar-refractivity contribution in [1.29, 1.82) is 0 Å². The van der Waals surface area contributed by atoms with Crippen LogP contribution in [0.2, 0.25) is 0 Å². The predicted octanol–water partition coefficient (Wildman–Crippen LogP) is 1.12. The minimum Gasteiger partial charge on any atom is -0.244 e. The van der Waals surface area contributed by atoms with Crippen LogP contribution >= 0.6 is 0 Å². The van der Waals surface area contributed by atoms with Gasteiger partial charge in [0, 0.05) is 12.4 Å². The topological polar surface area (TPSA) is 52.0 Å². The van der Waals surface area contributed by atoms with E-state index in [0.29, 0.717) is 0 Å². The van der Waals surface area contributed by atoms with Crippen LogP contribution in [0.3, 0.4) is 0 Å². The standard InChI is InChI=1S/C9H8N2O2S/c12-14(13,11-7-6-10-8-11)9-4-2-1-3-5-9/h1-8H. The Morgan fingerprint density at radius 1 is 1.14 bits per heavy atom. The van der Waals surface area contributed by atoms with Crippen LogP contribution in [-0.2, 0) is 10.0 Å². The summed E-state index contributed by atoms with van der Waals surface area (Å²) in [5.74, 6) is 0. The molecule has 0 amide bonds. The van der Waals surface area contributed by atoms with E-state index in [1.165, 1.54) is 18.7 Å². The van der Waals surface area contributed by atoms with Crippen molar-refractivity contribution in [1.82, 2.24) is 8.96 Å². The molecule has 1 heterocycles. The van der Waals surface area contributed by atoms with Crippen LogP contribution in [0.25, 0.3) is 0 Å². The van der Waals surface area contributed by atoms with Crippen molar-refractivity contribution >= 4 is 10.0 Å². The summed E-state index contributed by atoms with van der Waals surface area (Å²) in [6.07, 6.45) is 4.10. The molecule has 0 aliphatic carbocycles. The van der Waals surface area contributed by atoms with Gasteiger partial charge in [0.2, 0.25) is 0 Å². The number of nitrogens with zero attached hydrogens (tertiary/aromatic N) is 2. The first-order valence-electron chi connectivity index (χ1n) is 4.00. The zero-order valence-electron chi connectivity index (χ0n) is 7.24. The number of hydrogen-bond acceptors (Lipinski definition) is 3. The number of rotatable bonds is 2. The molecule has 4 nitrogen and oxygen atoms in total. The Hall–Kier alpha value is -1.62. The van der Waals surface area contributed by atoms with Gasteiger partial charge in [-0.05, 0) is 12.1 Å². The van der Waals surface area contributed by atoms with Gasteiger partial charge in [0.15, 0.2) is 0 Å². The molecular weight excluding hydrogens is 200 g/mol. The molecule has 2 aromatic rings. The highest BCUT2D eigenvalue weighted by Crippen LogP contribution is 2.11. The van der Waals surface area contributed by atoms with Crippen molar-refractivity contribution < 1.29 is 8.42 Å². The summed E-state index contributed by atoms with van der Waals surface area (Å²) in [5.41, 5.74) is 0. The zero-order valence-corrected chi connectivity index (χ0v) is 8.05. The largest absolute Gasteiger partial charge is 0.268 e. The van der Waals surface area contributed by atoms with Gasteiger partial charge in [-0.15, -0.1) is 0 Å². The summed E-state index contributed by atoms with van der Waals surface area (Å²) in [6, 6.07) is 8.24. The first-order valence-corrected chi connectivity index (χ1v) is 5.44. The Labute approximate surface area is 81.9 Å². The van der Waals surface area contributed by atoms with Gasteiger partial charge in [-0.3, -0.25) is 0 Å². The lowest BCUT2D eigenvalue weighted by Crippen LogP contribution is -2.10. The molecule has 1 aromatic carbocycles. The Bertz CT molecular complexity index is 503. The number of aromatic nitrogens is 2. The van der Waals surface area contributed by atoms with Crippen LogP contribution in [0, 0.1) is 0 Å². The smallest absolute Gasteiger partial charge is 0.244 e. The van der Waals surface area contributed by atoms with Gasteiger partial charge < -0.3 is 0 Å². The normalized spacial score (nSPS) is 11.4. The second kappa shape index (κ2) is 3.26. The van der Waals surface area contributed by atoms with E-state index < -0.39 is 10.0 Å². The fraction of sp³-hybridized carbons (Fsp3) is 0. The third kappa shape index (κ3) is 1.42. The molecule has 0 spiro atoms. The summed E-state index contributed by atoms with van der Waals surface area (Å²) < 4.78 is 24.7. The second-order valence-corrected chi connectivity index (χ2v) is 4.55. The van der Waals surface area contributed by atoms with E-state index >= 15 is 0 Å². The lowest BCUT2D eigenvalue weighted by Gasteiger charge is -2.03. The van der Waals surface area contributed by atoms with E-state index in [2.05, 4.69) is 4.98 Å². The molecular formula is C9H8N2O2S. The van der Waals surface area contributed by atoms with E-state index in [1.807, 2.05) is 0 Å². The Balaban J connectivity index is 2.55. The van der Waals surface area contributed by atoms with Gasteiger partial charge in [-0.25, -0.2) is 17.4 Å². The Kier molecular flexibility index (Phi) is 2.09. The molecule has 2 rings (SSSR count). The lowest BCUT2D eigenvalue weighted by molar-refractivity contribution is 0.587. The van der Waals surface area contributed by atoms with Crippen LogP contribution in [-0.4, -0.2) is 17.4 Å². The van der Waals surface area contributed by atoms with Crippen LogP contribution in [0.4, 0.5) is 0 Å². The zero-order chi connectivity index (χ0) is 10.0.